The second-order valence-electron chi connectivity index (χ2n) is 6.02. The summed E-state index contributed by atoms with van der Waals surface area (Å²) in [6.07, 6.45) is 2.88. The van der Waals surface area contributed by atoms with Crippen molar-refractivity contribution in [3.8, 4) is 0 Å². The second-order valence-corrected chi connectivity index (χ2v) is 6.87. The molecule has 0 aliphatic carbocycles. The summed E-state index contributed by atoms with van der Waals surface area (Å²) in [6, 6.07) is 4.52. The number of unbranched alkanes of at least 4 members (excludes halogenated alkanes) is 2. The normalized spacial score (nSPS) is 16.2. The molecule has 1 N–H and O–H groups in total. The summed E-state index contributed by atoms with van der Waals surface area (Å²) in [5.74, 6) is 0.0179. The molecule has 2 aromatic rings. The van der Waals surface area contributed by atoms with E-state index < -0.39 is 12.0 Å². The standard InChI is InChI=1S/C17H19Cl2N5O2/c1-3-4-5-8-26-16(25)14-10(2)20-17-21-22-23-24(17)15(14)12-7-6-11(18)9-13(12)19/h6-7,9,15H,3-5,8H2,1-2H3,(H,20,21,23)/t15-/m1/s1. The molecular formula is C17H19Cl2N5O2. The highest BCUT2D eigenvalue weighted by Gasteiger charge is 2.36. The first-order chi connectivity index (χ1) is 12.5. The van der Waals surface area contributed by atoms with Gasteiger partial charge in [0.05, 0.1) is 12.2 Å². The number of aromatic nitrogens is 4. The van der Waals surface area contributed by atoms with Gasteiger partial charge in [0.15, 0.2) is 0 Å². The van der Waals surface area contributed by atoms with Crippen LogP contribution >= 0.6 is 23.2 Å². The quantitative estimate of drug-likeness (QED) is 0.587. The maximum Gasteiger partial charge on any atom is 0.338 e. The van der Waals surface area contributed by atoms with Crippen molar-refractivity contribution in [2.75, 3.05) is 11.9 Å². The number of nitrogens with zero attached hydrogens (tertiary/aromatic N) is 4. The highest BCUT2D eigenvalue weighted by atomic mass is 35.5. The van der Waals surface area contributed by atoms with Gasteiger partial charge in [0, 0.05) is 21.3 Å². The zero-order chi connectivity index (χ0) is 18.7. The number of tetrazole rings is 1. The van der Waals surface area contributed by atoms with Crippen molar-refractivity contribution in [1.29, 1.82) is 0 Å². The number of allylic oxidation sites excluding steroid dienone is 1. The van der Waals surface area contributed by atoms with Crippen molar-refractivity contribution in [2.24, 2.45) is 0 Å². The smallest absolute Gasteiger partial charge is 0.338 e. The lowest BCUT2D eigenvalue weighted by molar-refractivity contribution is -0.139. The summed E-state index contributed by atoms with van der Waals surface area (Å²) >= 11 is 12.4. The van der Waals surface area contributed by atoms with Crippen LogP contribution in [0.5, 0.6) is 0 Å². The first-order valence-corrected chi connectivity index (χ1v) is 9.16. The lowest BCUT2D eigenvalue weighted by Crippen LogP contribution is -2.30. The molecule has 7 nitrogen and oxygen atoms in total. The minimum Gasteiger partial charge on any atom is -0.462 e. The Morgan fingerprint density at radius 2 is 2.15 bits per heavy atom. The van der Waals surface area contributed by atoms with Crippen molar-refractivity contribution < 1.29 is 9.53 Å². The van der Waals surface area contributed by atoms with Gasteiger partial charge in [0.2, 0.25) is 5.95 Å². The Hall–Kier alpha value is -2.12. The van der Waals surface area contributed by atoms with Gasteiger partial charge in [-0.15, -0.1) is 0 Å². The second kappa shape index (κ2) is 8.05. The van der Waals surface area contributed by atoms with Gasteiger partial charge in [-0.05, 0) is 35.9 Å². The highest BCUT2D eigenvalue weighted by Crippen LogP contribution is 2.38. The maximum absolute atomic E-state index is 12.8. The summed E-state index contributed by atoms with van der Waals surface area (Å²) < 4.78 is 6.99. The Morgan fingerprint density at radius 1 is 1.35 bits per heavy atom. The Labute approximate surface area is 161 Å². The topological polar surface area (TPSA) is 81.9 Å². The number of hydrogen-bond acceptors (Lipinski definition) is 6. The third-order valence-corrected chi connectivity index (χ3v) is 4.73. The largest absolute Gasteiger partial charge is 0.462 e. The summed E-state index contributed by atoms with van der Waals surface area (Å²) in [5, 5.41) is 15.6. The van der Waals surface area contributed by atoms with E-state index in [0.717, 1.165) is 19.3 Å². The number of halogens is 2. The molecule has 1 aliphatic rings. The van der Waals surface area contributed by atoms with Crippen LogP contribution in [0.4, 0.5) is 5.95 Å². The number of rotatable bonds is 6. The number of anilines is 1. The number of carbonyl (C=O) groups excluding carboxylic acids is 1. The molecular weight excluding hydrogens is 377 g/mol. The molecule has 0 fully saturated rings. The van der Waals surface area contributed by atoms with E-state index in [1.807, 2.05) is 0 Å². The zero-order valence-corrected chi connectivity index (χ0v) is 16.0. The Morgan fingerprint density at radius 3 is 2.88 bits per heavy atom. The van der Waals surface area contributed by atoms with Crippen molar-refractivity contribution in [2.45, 2.75) is 39.2 Å². The Bertz CT molecular complexity index is 849. The van der Waals surface area contributed by atoms with Crippen molar-refractivity contribution in [1.82, 2.24) is 20.2 Å². The fourth-order valence-electron chi connectivity index (χ4n) is 2.88. The monoisotopic (exact) mass is 395 g/mol. The van der Waals surface area contributed by atoms with Gasteiger partial charge in [-0.3, -0.25) is 0 Å². The SMILES string of the molecule is CCCCCOC(=O)C1=C(C)Nc2nnnn2[C@@H]1c1ccc(Cl)cc1Cl. The van der Waals surface area contributed by atoms with Gasteiger partial charge in [-0.1, -0.05) is 54.1 Å². The summed E-state index contributed by atoms with van der Waals surface area (Å²) in [7, 11) is 0. The van der Waals surface area contributed by atoms with Crippen LogP contribution in [-0.4, -0.2) is 32.8 Å². The molecule has 1 aliphatic heterocycles. The van der Waals surface area contributed by atoms with E-state index in [9.17, 15) is 4.79 Å². The molecule has 1 aromatic carbocycles. The molecule has 3 rings (SSSR count). The molecule has 0 saturated heterocycles. The van der Waals surface area contributed by atoms with Gasteiger partial charge in [-0.2, -0.15) is 4.68 Å². The molecule has 1 atom stereocenters. The lowest BCUT2D eigenvalue weighted by Gasteiger charge is -2.28. The number of carbonyl (C=O) groups is 1. The number of esters is 1. The van der Waals surface area contributed by atoms with Crippen molar-refractivity contribution >= 4 is 35.1 Å². The first kappa shape index (κ1) is 18.7. The summed E-state index contributed by atoms with van der Waals surface area (Å²) in [6.45, 7) is 4.25. The molecule has 2 heterocycles. The highest BCUT2D eigenvalue weighted by molar-refractivity contribution is 6.35. The van der Waals surface area contributed by atoms with Crippen LogP contribution in [0.25, 0.3) is 0 Å². The molecule has 0 radical (unpaired) electrons. The zero-order valence-electron chi connectivity index (χ0n) is 14.5. The molecule has 0 spiro atoms. The average Bonchev–Trinajstić information content (AvgIpc) is 3.05. The van der Waals surface area contributed by atoms with Crippen LogP contribution < -0.4 is 5.32 Å². The van der Waals surface area contributed by atoms with E-state index in [2.05, 4.69) is 27.8 Å². The Balaban J connectivity index is 1.98. The number of benzene rings is 1. The molecule has 0 unspecified atom stereocenters. The van der Waals surface area contributed by atoms with Gasteiger partial charge >= 0.3 is 5.97 Å². The molecule has 0 bridgehead atoms. The fourth-order valence-corrected chi connectivity index (χ4v) is 3.39. The van der Waals surface area contributed by atoms with E-state index in [-0.39, 0.29) is 0 Å². The van der Waals surface area contributed by atoms with E-state index in [1.54, 1.807) is 25.1 Å². The number of hydrogen-bond donors (Lipinski definition) is 1. The molecule has 26 heavy (non-hydrogen) atoms. The van der Waals surface area contributed by atoms with Gasteiger partial charge in [-0.25, -0.2) is 4.79 Å². The van der Waals surface area contributed by atoms with E-state index in [4.69, 9.17) is 27.9 Å². The molecule has 9 heteroatoms. The van der Waals surface area contributed by atoms with Crippen LogP contribution in [0.3, 0.4) is 0 Å². The van der Waals surface area contributed by atoms with Gasteiger partial charge in [0.1, 0.15) is 6.04 Å². The summed E-state index contributed by atoms with van der Waals surface area (Å²) in [4.78, 5) is 12.8. The molecule has 1 aromatic heterocycles. The maximum atomic E-state index is 12.8. The van der Waals surface area contributed by atoms with Crippen LogP contribution in [0.15, 0.2) is 29.5 Å². The van der Waals surface area contributed by atoms with E-state index in [0.29, 0.717) is 39.4 Å². The predicted octanol–water partition coefficient (Wildman–Crippen LogP) is 4.00. The minimum absolute atomic E-state index is 0.368. The lowest BCUT2D eigenvalue weighted by atomic mass is 9.95. The average molecular weight is 396 g/mol. The summed E-state index contributed by atoms with van der Waals surface area (Å²) in [5.41, 5.74) is 1.72. The van der Waals surface area contributed by atoms with Crippen molar-refractivity contribution in [3.05, 3.63) is 45.1 Å². The molecule has 0 amide bonds. The third kappa shape index (κ3) is 3.68. The number of ether oxygens (including phenoxy) is 1. The van der Waals surface area contributed by atoms with Crippen LogP contribution in [0.2, 0.25) is 10.0 Å². The number of fused-ring (bicyclic) bond motifs is 1. The van der Waals surface area contributed by atoms with Crippen LogP contribution in [-0.2, 0) is 9.53 Å². The first-order valence-electron chi connectivity index (χ1n) is 8.40. The van der Waals surface area contributed by atoms with Gasteiger partial charge in [0.25, 0.3) is 0 Å². The van der Waals surface area contributed by atoms with E-state index >= 15 is 0 Å². The fraction of sp³-hybridized carbons (Fsp3) is 0.412. The number of nitrogens with one attached hydrogen (secondary N) is 1. The molecule has 138 valence electrons. The van der Waals surface area contributed by atoms with Crippen LogP contribution in [0, 0.1) is 0 Å². The molecule has 0 saturated carbocycles. The third-order valence-electron chi connectivity index (χ3n) is 4.17. The van der Waals surface area contributed by atoms with Crippen molar-refractivity contribution in [3.63, 3.8) is 0 Å². The predicted molar refractivity (Wildman–Crippen MR) is 99.2 cm³/mol. The minimum atomic E-state index is -0.593. The van der Waals surface area contributed by atoms with E-state index in [1.165, 1.54) is 4.68 Å². The van der Waals surface area contributed by atoms with Crippen LogP contribution in [0.1, 0.15) is 44.7 Å². The van der Waals surface area contributed by atoms with Gasteiger partial charge < -0.3 is 10.1 Å². The Kier molecular flexibility index (Phi) is 5.78.